The van der Waals surface area contributed by atoms with E-state index in [2.05, 4.69) is 9.97 Å². The van der Waals surface area contributed by atoms with Crippen LogP contribution in [0.15, 0.2) is 0 Å². The van der Waals surface area contributed by atoms with Gasteiger partial charge in [-0.05, 0) is 29.0 Å². The summed E-state index contributed by atoms with van der Waals surface area (Å²) in [6, 6.07) is 0. The first kappa shape index (κ1) is 10.9. The van der Waals surface area contributed by atoms with Crippen molar-refractivity contribution in [3.05, 3.63) is 19.7 Å². The summed E-state index contributed by atoms with van der Waals surface area (Å²) < 4.78 is 5.96. The molecule has 3 nitrogen and oxygen atoms in total. The van der Waals surface area contributed by atoms with Crippen LogP contribution in [-0.2, 0) is 4.74 Å². The van der Waals surface area contributed by atoms with Gasteiger partial charge in [-0.25, -0.2) is 9.97 Å². The molecule has 6 heteroatoms. The lowest BCUT2D eigenvalue weighted by molar-refractivity contribution is 0.193. The number of rotatable bonds is 1. The molecule has 1 aliphatic heterocycles. The van der Waals surface area contributed by atoms with E-state index >= 15 is 0 Å². The highest BCUT2D eigenvalue weighted by molar-refractivity contribution is 14.1. The third-order valence-electron chi connectivity index (χ3n) is 2.08. The molecule has 1 atom stereocenters. The molecule has 1 aliphatic rings. The smallest absolute Gasteiger partial charge is 0.147 e. The molecule has 0 radical (unpaired) electrons. The largest absolute Gasteiger partial charge is 0.381 e. The summed E-state index contributed by atoms with van der Waals surface area (Å²) >= 11 is 13.9. The number of aromatic nitrogens is 2. The zero-order valence-corrected chi connectivity index (χ0v) is 10.8. The van der Waals surface area contributed by atoms with Crippen molar-refractivity contribution in [3.63, 3.8) is 0 Å². The molecule has 0 N–H and O–H groups in total. The van der Waals surface area contributed by atoms with Crippen molar-refractivity contribution in [2.75, 3.05) is 13.2 Å². The fraction of sp³-hybridized carbons (Fsp3) is 0.500. The zero-order valence-electron chi connectivity index (χ0n) is 7.14. The number of halogens is 3. The monoisotopic (exact) mass is 344 g/mol. The van der Waals surface area contributed by atoms with E-state index in [1.807, 2.05) is 22.6 Å². The number of hydrogen-bond donors (Lipinski definition) is 0. The van der Waals surface area contributed by atoms with Crippen LogP contribution in [0.3, 0.4) is 0 Å². The lowest BCUT2D eigenvalue weighted by atomic mass is 10.1. The zero-order chi connectivity index (χ0) is 10.1. The Kier molecular flexibility index (Phi) is 3.46. The maximum absolute atomic E-state index is 5.91. The van der Waals surface area contributed by atoms with Gasteiger partial charge in [-0.3, -0.25) is 0 Å². The van der Waals surface area contributed by atoms with Crippen molar-refractivity contribution in [2.24, 2.45) is 0 Å². The molecule has 1 saturated heterocycles. The molecule has 0 bridgehead atoms. The van der Waals surface area contributed by atoms with Gasteiger partial charge < -0.3 is 4.74 Å². The Bertz CT molecular complexity index is 332. The van der Waals surface area contributed by atoms with Crippen molar-refractivity contribution >= 4 is 45.8 Å². The highest BCUT2D eigenvalue weighted by Crippen LogP contribution is 2.28. The number of ether oxygens (including phenoxy) is 1. The van der Waals surface area contributed by atoms with Gasteiger partial charge in [0.15, 0.2) is 0 Å². The second-order valence-corrected chi connectivity index (χ2v) is 4.83. The highest BCUT2D eigenvalue weighted by Gasteiger charge is 2.22. The maximum Gasteiger partial charge on any atom is 0.147 e. The normalized spacial score (nSPS) is 21.5. The first-order valence-electron chi connectivity index (χ1n) is 4.14. The summed E-state index contributed by atoms with van der Waals surface area (Å²) in [6.07, 6.45) is 0.938. The van der Waals surface area contributed by atoms with Crippen LogP contribution in [0.2, 0.25) is 10.3 Å². The molecule has 2 heterocycles. The van der Waals surface area contributed by atoms with Crippen molar-refractivity contribution < 1.29 is 4.74 Å². The molecule has 14 heavy (non-hydrogen) atoms. The van der Waals surface area contributed by atoms with Crippen LogP contribution in [0.25, 0.3) is 0 Å². The maximum atomic E-state index is 5.91. The Hall–Kier alpha value is 0.350. The lowest BCUT2D eigenvalue weighted by Gasteiger charge is -2.07. The third kappa shape index (κ3) is 2.13. The van der Waals surface area contributed by atoms with Crippen LogP contribution in [-0.4, -0.2) is 23.2 Å². The third-order valence-corrected chi connectivity index (χ3v) is 4.29. The highest BCUT2D eigenvalue weighted by atomic mass is 127. The van der Waals surface area contributed by atoms with Crippen LogP contribution in [0.5, 0.6) is 0 Å². The molecule has 1 fully saturated rings. The summed E-state index contributed by atoms with van der Waals surface area (Å²) in [7, 11) is 0. The summed E-state index contributed by atoms with van der Waals surface area (Å²) in [4.78, 5) is 8.40. The van der Waals surface area contributed by atoms with Crippen LogP contribution in [0.1, 0.15) is 18.2 Å². The van der Waals surface area contributed by atoms with Crippen molar-refractivity contribution in [3.8, 4) is 0 Å². The van der Waals surface area contributed by atoms with Gasteiger partial charge in [-0.2, -0.15) is 0 Å². The second-order valence-electron chi connectivity index (χ2n) is 3.04. The second kappa shape index (κ2) is 4.47. The molecule has 1 unspecified atom stereocenters. The van der Waals surface area contributed by atoms with Gasteiger partial charge in [0.1, 0.15) is 16.1 Å². The summed E-state index contributed by atoms with van der Waals surface area (Å²) in [5, 5.41) is 0.847. The molecule has 0 aliphatic carbocycles. The van der Waals surface area contributed by atoms with Gasteiger partial charge in [0.05, 0.1) is 10.2 Å². The Labute approximate surface area is 105 Å². The first-order valence-corrected chi connectivity index (χ1v) is 5.98. The fourth-order valence-electron chi connectivity index (χ4n) is 1.33. The van der Waals surface area contributed by atoms with Gasteiger partial charge in [0, 0.05) is 12.5 Å². The van der Waals surface area contributed by atoms with E-state index < -0.39 is 0 Å². The van der Waals surface area contributed by atoms with Crippen LogP contribution >= 0.6 is 45.8 Å². The van der Waals surface area contributed by atoms with Gasteiger partial charge >= 0.3 is 0 Å². The Morgan fingerprint density at radius 3 is 2.43 bits per heavy atom. The number of hydrogen-bond acceptors (Lipinski definition) is 3. The predicted molar refractivity (Wildman–Crippen MR) is 62.9 cm³/mol. The summed E-state index contributed by atoms with van der Waals surface area (Å²) in [6.45, 7) is 1.42. The molecule has 1 aromatic heterocycles. The molecule has 2 rings (SSSR count). The number of nitrogens with zero attached hydrogens (tertiary/aromatic N) is 2. The summed E-state index contributed by atoms with van der Waals surface area (Å²) in [5.74, 6) is 0.930. The van der Waals surface area contributed by atoms with Crippen LogP contribution < -0.4 is 0 Å². The minimum atomic E-state index is 0.238. The van der Waals surface area contributed by atoms with Crippen molar-refractivity contribution in [1.82, 2.24) is 9.97 Å². The van der Waals surface area contributed by atoms with Gasteiger partial charge in [0.25, 0.3) is 0 Å². The van der Waals surface area contributed by atoms with E-state index in [4.69, 9.17) is 27.9 Å². The van der Waals surface area contributed by atoms with E-state index in [1.165, 1.54) is 0 Å². The minimum Gasteiger partial charge on any atom is -0.381 e. The van der Waals surface area contributed by atoms with E-state index in [0.717, 1.165) is 13.0 Å². The quantitative estimate of drug-likeness (QED) is 0.580. The Morgan fingerprint density at radius 2 is 1.93 bits per heavy atom. The molecular formula is C8H7Cl2IN2O. The average Bonchev–Trinajstić information content (AvgIpc) is 2.66. The van der Waals surface area contributed by atoms with Crippen molar-refractivity contribution in [2.45, 2.75) is 12.3 Å². The van der Waals surface area contributed by atoms with Gasteiger partial charge in [-0.1, -0.05) is 23.2 Å². The van der Waals surface area contributed by atoms with Crippen LogP contribution in [0.4, 0.5) is 0 Å². The summed E-state index contributed by atoms with van der Waals surface area (Å²) in [5.41, 5.74) is 0. The Morgan fingerprint density at radius 1 is 1.29 bits per heavy atom. The minimum absolute atomic E-state index is 0.238. The molecule has 0 saturated carbocycles. The molecule has 0 amide bonds. The lowest BCUT2D eigenvalue weighted by Crippen LogP contribution is -2.05. The van der Waals surface area contributed by atoms with E-state index in [-0.39, 0.29) is 5.92 Å². The van der Waals surface area contributed by atoms with E-state index in [1.54, 1.807) is 0 Å². The molecule has 0 aromatic carbocycles. The van der Waals surface area contributed by atoms with Gasteiger partial charge in [0.2, 0.25) is 0 Å². The standard InChI is InChI=1S/C8H7Cl2IN2O/c9-6-5(11)7(10)13-8(12-6)4-1-2-14-3-4/h4H,1-3H2. The molecule has 1 aromatic rings. The van der Waals surface area contributed by atoms with Crippen LogP contribution in [0, 0.1) is 3.57 Å². The average molecular weight is 345 g/mol. The molecule has 0 spiro atoms. The topological polar surface area (TPSA) is 35.0 Å². The van der Waals surface area contributed by atoms with E-state index in [0.29, 0.717) is 26.3 Å². The first-order chi connectivity index (χ1) is 6.68. The van der Waals surface area contributed by atoms with E-state index in [9.17, 15) is 0 Å². The molecular weight excluding hydrogens is 338 g/mol. The SMILES string of the molecule is Clc1nc(C2CCOC2)nc(Cl)c1I. The van der Waals surface area contributed by atoms with Gasteiger partial charge in [-0.15, -0.1) is 0 Å². The fourth-order valence-corrected chi connectivity index (χ4v) is 1.97. The van der Waals surface area contributed by atoms with Crippen molar-refractivity contribution in [1.29, 1.82) is 0 Å². The predicted octanol–water partition coefficient (Wildman–Crippen LogP) is 2.89. The Balaban J connectivity index is 2.34. The molecule has 76 valence electrons.